The maximum atomic E-state index is 3.97. The number of hydrogen-bond acceptors (Lipinski definition) is 0. The van der Waals surface area contributed by atoms with Crippen LogP contribution >= 0.6 is 0 Å². The molecule has 0 bridgehead atoms. The molecule has 154 valence electrons. The van der Waals surface area contributed by atoms with Crippen molar-refractivity contribution in [2.24, 2.45) is 5.92 Å². The van der Waals surface area contributed by atoms with Crippen molar-refractivity contribution in [2.45, 2.75) is 57.3 Å². The molecule has 0 amide bonds. The SMILES string of the molecule is C=CCCc1ccc2cc(CCc3ccc(C4CCC(C=C)CC4)cc3)ccc2c1. The Bertz CT molecular complexity index is 984. The molecule has 0 aromatic heterocycles. The lowest BCUT2D eigenvalue weighted by Gasteiger charge is -2.27. The number of hydrogen-bond donors (Lipinski definition) is 0. The maximum absolute atomic E-state index is 3.97. The monoisotopic (exact) mass is 394 g/mol. The summed E-state index contributed by atoms with van der Waals surface area (Å²) in [6.07, 6.45) is 13.7. The minimum atomic E-state index is 0.737. The van der Waals surface area contributed by atoms with Crippen LogP contribution in [0.2, 0.25) is 0 Å². The first-order valence-corrected chi connectivity index (χ1v) is 11.6. The van der Waals surface area contributed by atoms with Gasteiger partial charge in [0, 0.05) is 0 Å². The third-order valence-corrected chi connectivity index (χ3v) is 6.86. The van der Waals surface area contributed by atoms with E-state index in [2.05, 4.69) is 79.9 Å². The van der Waals surface area contributed by atoms with E-state index in [1.165, 1.54) is 58.7 Å². The zero-order chi connectivity index (χ0) is 20.8. The van der Waals surface area contributed by atoms with Gasteiger partial charge in [-0.25, -0.2) is 0 Å². The predicted octanol–water partition coefficient (Wildman–Crippen LogP) is 8.20. The second-order valence-electron chi connectivity index (χ2n) is 8.93. The van der Waals surface area contributed by atoms with E-state index in [4.69, 9.17) is 0 Å². The highest BCUT2D eigenvalue weighted by molar-refractivity contribution is 5.83. The molecule has 3 aromatic rings. The van der Waals surface area contributed by atoms with Crippen LogP contribution in [0.1, 0.15) is 60.3 Å². The Morgan fingerprint density at radius 2 is 1.23 bits per heavy atom. The Hall–Kier alpha value is -2.60. The fourth-order valence-corrected chi connectivity index (χ4v) is 4.86. The quantitative estimate of drug-likeness (QED) is 0.338. The van der Waals surface area contributed by atoms with Gasteiger partial charge in [-0.2, -0.15) is 0 Å². The Morgan fingerprint density at radius 1 is 0.667 bits per heavy atom. The lowest BCUT2D eigenvalue weighted by atomic mass is 9.78. The third kappa shape index (κ3) is 5.11. The lowest BCUT2D eigenvalue weighted by molar-refractivity contribution is 0.376. The molecule has 1 fully saturated rings. The molecule has 0 heteroatoms. The minimum absolute atomic E-state index is 0.737. The Morgan fingerprint density at radius 3 is 1.83 bits per heavy atom. The third-order valence-electron chi connectivity index (χ3n) is 6.86. The van der Waals surface area contributed by atoms with Crippen LogP contribution in [-0.4, -0.2) is 0 Å². The van der Waals surface area contributed by atoms with E-state index in [-0.39, 0.29) is 0 Å². The van der Waals surface area contributed by atoms with Crippen molar-refractivity contribution in [1.82, 2.24) is 0 Å². The van der Waals surface area contributed by atoms with Gasteiger partial charge in [-0.15, -0.1) is 13.2 Å². The van der Waals surface area contributed by atoms with Crippen LogP contribution in [0, 0.1) is 5.92 Å². The van der Waals surface area contributed by atoms with Crippen molar-refractivity contribution < 1.29 is 0 Å². The van der Waals surface area contributed by atoms with Crippen molar-refractivity contribution in [2.75, 3.05) is 0 Å². The number of aryl methyl sites for hydroxylation is 3. The first kappa shape index (κ1) is 20.7. The average Bonchev–Trinajstić information content (AvgIpc) is 2.81. The summed E-state index contributed by atoms with van der Waals surface area (Å²) in [4.78, 5) is 0. The van der Waals surface area contributed by atoms with Gasteiger partial charge in [0.2, 0.25) is 0 Å². The average molecular weight is 395 g/mol. The van der Waals surface area contributed by atoms with Crippen molar-refractivity contribution in [3.05, 3.63) is 108 Å². The summed E-state index contributed by atoms with van der Waals surface area (Å²) in [5.41, 5.74) is 5.79. The van der Waals surface area contributed by atoms with Crippen LogP contribution in [0.4, 0.5) is 0 Å². The van der Waals surface area contributed by atoms with Crippen molar-refractivity contribution >= 4 is 10.8 Å². The molecule has 4 rings (SSSR count). The molecule has 30 heavy (non-hydrogen) atoms. The van der Waals surface area contributed by atoms with E-state index in [0.717, 1.165) is 37.5 Å². The Balaban J connectivity index is 1.35. The molecule has 0 atom stereocenters. The van der Waals surface area contributed by atoms with E-state index in [0.29, 0.717) is 0 Å². The Labute approximate surface area is 182 Å². The number of benzene rings is 3. The zero-order valence-corrected chi connectivity index (χ0v) is 18.2. The minimum Gasteiger partial charge on any atom is -0.103 e. The number of rotatable bonds is 8. The molecule has 0 radical (unpaired) electrons. The van der Waals surface area contributed by atoms with Gasteiger partial charge in [-0.05, 0) is 96.2 Å². The molecule has 0 saturated heterocycles. The predicted molar refractivity (Wildman–Crippen MR) is 131 cm³/mol. The highest BCUT2D eigenvalue weighted by Gasteiger charge is 2.20. The number of fused-ring (bicyclic) bond motifs is 1. The normalized spacial score (nSPS) is 18.9. The molecule has 0 nitrogen and oxygen atoms in total. The molecule has 1 aliphatic carbocycles. The molecule has 0 N–H and O–H groups in total. The largest absolute Gasteiger partial charge is 0.103 e. The Kier molecular flexibility index (Phi) is 6.84. The molecule has 0 spiro atoms. The van der Waals surface area contributed by atoms with Crippen molar-refractivity contribution in [3.63, 3.8) is 0 Å². The smallest absolute Gasteiger partial charge is 0.0162 e. The summed E-state index contributed by atoms with van der Waals surface area (Å²) in [6.45, 7) is 7.79. The first-order valence-electron chi connectivity index (χ1n) is 11.6. The lowest BCUT2D eigenvalue weighted by Crippen LogP contribution is -2.11. The van der Waals surface area contributed by atoms with Gasteiger partial charge in [0.15, 0.2) is 0 Å². The standard InChI is InChI=1S/C30H34/c1-3-5-6-25-13-19-30-22-26(14-20-29(30)21-25)8-7-24-11-17-28(18-12-24)27-15-9-23(4-2)10-16-27/h3-4,11-14,17-23,27H,1-2,5-10,15-16H2. The van der Waals surface area contributed by atoms with Gasteiger partial charge in [0.25, 0.3) is 0 Å². The van der Waals surface area contributed by atoms with Gasteiger partial charge in [0.05, 0.1) is 0 Å². The van der Waals surface area contributed by atoms with Crippen molar-refractivity contribution in [1.29, 1.82) is 0 Å². The van der Waals surface area contributed by atoms with Crippen LogP contribution in [0.15, 0.2) is 86.0 Å². The van der Waals surface area contributed by atoms with E-state index < -0.39 is 0 Å². The molecule has 1 aliphatic rings. The second kappa shape index (κ2) is 9.94. The summed E-state index contributed by atoms with van der Waals surface area (Å²) < 4.78 is 0. The highest BCUT2D eigenvalue weighted by atomic mass is 14.2. The zero-order valence-electron chi connectivity index (χ0n) is 18.2. The fraction of sp³-hybridized carbons (Fsp3) is 0.333. The van der Waals surface area contributed by atoms with Crippen LogP contribution in [0.5, 0.6) is 0 Å². The fourth-order valence-electron chi connectivity index (χ4n) is 4.86. The maximum Gasteiger partial charge on any atom is -0.0162 e. The van der Waals surface area contributed by atoms with Crippen LogP contribution in [0.3, 0.4) is 0 Å². The van der Waals surface area contributed by atoms with Crippen LogP contribution < -0.4 is 0 Å². The second-order valence-corrected chi connectivity index (χ2v) is 8.93. The van der Waals surface area contributed by atoms with Crippen molar-refractivity contribution in [3.8, 4) is 0 Å². The van der Waals surface area contributed by atoms with Gasteiger partial charge in [0.1, 0.15) is 0 Å². The van der Waals surface area contributed by atoms with Gasteiger partial charge < -0.3 is 0 Å². The van der Waals surface area contributed by atoms with Gasteiger partial charge in [-0.1, -0.05) is 72.8 Å². The summed E-state index contributed by atoms with van der Waals surface area (Å²) >= 11 is 0. The molecule has 0 unspecified atom stereocenters. The van der Waals surface area contributed by atoms with E-state index in [1.54, 1.807) is 0 Å². The van der Waals surface area contributed by atoms with Crippen LogP contribution in [-0.2, 0) is 19.3 Å². The highest BCUT2D eigenvalue weighted by Crippen LogP contribution is 2.36. The first-order chi connectivity index (χ1) is 14.7. The number of allylic oxidation sites excluding steroid dienone is 2. The molecule has 1 saturated carbocycles. The molecular formula is C30H34. The summed E-state index contributed by atoms with van der Waals surface area (Å²) in [5, 5.41) is 2.69. The topological polar surface area (TPSA) is 0 Å². The molecule has 3 aromatic carbocycles. The summed E-state index contributed by atoms with van der Waals surface area (Å²) in [7, 11) is 0. The molecule has 0 aliphatic heterocycles. The molecule has 0 heterocycles. The van der Waals surface area contributed by atoms with Crippen LogP contribution in [0.25, 0.3) is 10.8 Å². The summed E-state index contributed by atoms with van der Waals surface area (Å²) in [5.74, 6) is 1.48. The van der Waals surface area contributed by atoms with E-state index >= 15 is 0 Å². The van der Waals surface area contributed by atoms with Gasteiger partial charge in [-0.3, -0.25) is 0 Å². The summed E-state index contributed by atoms with van der Waals surface area (Å²) in [6, 6.07) is 23.2. The van der Waals surface area contributed by atoms with E-state index in [1.807, 2.05) is 6.08 Å². The van der Waals surface area contributed by atoms with E-state index in [9.17, 15) is 0 Å². The molecular weight excluding hydrogens is 360 g/mol. The van der Waals surface area contributed by atoms with Gasteiger partial charge >= 0.3 is 0 Å².